The molecule has 0 aliphatic carbocycles. The monoisotopic (exact) mass is 471 g/mol. The number of anilines is 1. The number of rotatable bonds is 8. The SMILES string of the molecule is CC(C)n1cc(-c2ccc(NC(=O)Cc3ccccc3F)cc2S(=O)(=O)N=CN(C)C)cn1. The third-order valence-electron chi connectivity index (χ3n) is 4.71. The zero-order valence-electron chi connectivity index (χ0n) is 18.9. The van der Waals surface area contributed by atoms with Crippen molar-refractivity contribution in [1.29, 1.82) is 0 Å². The minimum absolute atomic E-state index is 0.0763. The summed E-state index contributed by atoms with van der Waals surface area (Å²) in [7, 11) is -0.772. The van der Waals surface area contributed by atoms with Crippen LogP contribution in [-0.4, -0.2) is 49.4 Å². The molecule has 0 unspecified atom stereocenters. The molecule has 0 bridgehead atoms. The van der Waals surface area contributed by atoms with E-state index in [4.69, 9.17) is 0 Å². The number of hydrogen-bond donors (Lipinski definition) is 1. The van der Waals surface area contributed by atoms with Crippen LogP contribution in [0.25, 0.3) is 11.1 Å². The number of carbonyl (C=O) groups excluding carboxylic acids is 1. The van der Waals surface area contributed by atoms with Crippen molar-refractivity contribution in [2.24, 2.45) is 4.40 Å². The highest BCUT2D eigenvalue weighted by Crippen LogP contribution is 2.31. The van der Waals surface area contributed by atoms with Crippen molar-refractivity contribution < 1.29 is 17.6 Å². The Hall–Kier alpha value is -3.53. The van der Waals surface area contributed by atoms with Crippen LogP contribution in [0.3, 0.4) is 0 Å². The van der Waals surface area contributed by atoms with Gasteiger partial charge in [0.05, 0.1) is 17.5 Å². The Morgan fingerprint density at radius 1 is 1.24 bits per heavy atom. The first-order valence-electron chi connectivity index (χ1n) is 10.3. The maximum absolute atomic E-state index is 13.9. The zero-order valence-corrected chi connectivity index (χ0v) is 19.7. The van der Waals surface area contributed by atoms with Crippen molar-refractivity contribution in [1.82, 2.24) is 14.7 Å². The molecule has 1 heterocycles. The van der Waals surface area contributed by atoms with Gasteiger partial charge in [0, 0.05) is 43.1 Å². The normalized spacial score (nSPS) is 11.8. The molecule has 0 fully saturated rings. The molecule has 1 aromatic heterocycles. The molecule has 0 radical (unpaired) electrons. The average molecular weight is 472 g/mol. The van der Waals surface area contributed by atoms with E-state index in [1.165, 1.54) is 29.4 Å². The molecule has 0 spiro atoms. The molecule has 0 atom stereocenters. The standard InChI is InChI=1S/C23H26FN5O3S/c1-16(2)29-14-18(13-25-29)20-10-9-19(12-22(20)33(31,32)26-15-28(3)4)27-23(30)11-17-7-5-6-8-21(17)24/h5-10,12-16H,11H2,1-4H3,(H,27,30). The van der Waals surface area contributed by atoms with Gasteiger partial charge in [0.15, 0.2) is 0 Å². The van der Waals surface area contributed by atoms with Crippen molar-refractivity contribution >= 4 is 28.0 Å². The molecule has 3 rings (SSSR count). The van der Waals surface area contributed by atoms with Gasteiger partial charge in [-0.25, -0.2) is 4.39 Å². The first-order chi connectivity index (χ1) is 15.6. The summed E-state index contributed by atoms with van der Waals surface area (Å²) in [5, 5.41) is 6.93. The molecule has 1 amide bonds. The lowest BCUT2D eigenvalue weighted by atomic mass is 10.1. The van der Waals surface area contributed by atoms with Crippen LogP contribution in [0.5, 0.6) is 0 Å². The van der Waals surface area contributed by atoms with E-state index in [9.17, 15) is 17.6 Å². The number of nitrogens with zero attached hydrogens (tertiary/aromatic N) is 4. The molecule has 8 nitrogen and oxygen atoms in total. The van der Waals surface area contributed by atoms with Gasteiger partial charge in [-0.2, -0.15) is 13.5 Å². The lowest BCUT2D eigenvalue weighted by Gasteiger charge is -2.12. The van der Waals surface area contributed by atoms with Gasteiger partial charge in [-0.3, -0.25) is 9.48 Å². The van der Waals surface area contributed by atoms with Crippen molar-refractivity contribution in [3.05, 3.63) is 66.2 Å². The number of benzene rings is 2. The molecule has 1 N–H and O–H groups in total. The van der Waals surface area contributed by atoms with Crippen LogP contribution in [0.4, 0.5) is 10.1 Å². The second kappa shape index (κ2) is 9.95. The summed E-state index contributed by atoms with van der Waals surface area (Å²) in [5.41, 5.74) is 1.52. The predicted molar refractivity (Wildman–Crippen MR) is 126 cm³/mol. The topological polar surface area (TPSA) is 96.7 Å². The van der Waals surface area contributed by atoms with Crippen LogP contribution < -0.4 is 5.32 Å². The van der Waals surface area contributed by atoms with Crippen molar-refractivity contribution in [3.63, 3.8) is 0 Å². The van der Waals surface area contributed by atoms with Gasteiger partial charge in [-0.05, 0) is 37.6 Å². The third-order valence-corrected chi connectivity index (χ3v) is 5.98. The Morgan fingerprint density at radius 3 is 2.61 bits per heavy atom. The van der Waals surface area contributed by atoms with E-state index in [2.05, 4.69) is 14.8 Å². The lowest BCUT2D eigenvalue weighted by Crippen LogP contribution is -2.16. The minimum atomic E-state index is -4.09. The molecule has 0 saturated heterocycles. The average Bonchev–Trinajstić information content (AvgIpc) is 3.24. The second-order valence-corrected chi connectivity index (χ2v) is 9.59. The van der Waals surface area contributed by atoms with Gasteiger partial charge in [0.2, 0.25) is 5.91 Å². The number of aromatic nitrogens is 2. The van der Waals surface area contributed by atoms with E-state index in [0.29, 0.717) is 11.1 Å². The van der Waals surface area contributed by atoms with Gasteiger partial charge in [0.1, 0.15) is 12.2 Å². The second-order valence-electron chi connectivity index (χ2n) is 7.99. The van der Waals surface area contributed by atoms with Crippen LogP contribution in [0.15, 0.2) is 64.2 Å². The summed E-state index contributed by atoms with van der Waals surface area (Å²) in [5.74, 6) is -0.952. The number of amides is 1. The van der Waals surface area contributed by atoms with Crippen LogP contribution in [0, 0.1) is 5.82 Å². The summed E-state index contributed by atoms with van der Waals surface area (Å²) >= 11 is 0. The number of nitrogens with one attached hydrogen (secondary N) is 1. The van der Waals surface area contributed by atoms with Gasteiger partial charge in [-0.1, -0.05) is 24.3 Å². The van der Waals surface area contributed by atoms with Crippen LogP contribution in [0.1, 0.15) is 25.5 Å². The van der Waals surface area contributed by atoms with Crippen LogP contribution in [-0.2, 0) is 21.2 Å². The fourth-order valence-corrected chi connectivity index (χ4v) is 4.21. The molecule has 0 aliphatic heterocycles. The highest BCUT2D eigenvalue weighted by atomic mass is 32.2. The highest BCUT2D eigenvalue weighted by molar-refractivity contribution is 7.90. The maximum Gasteiger partial charge on any atom is 0.284 e. The van der Waals surface area contributed by atoms with E-state index in [1.54, 1.807) is 55.4 Å². The number of hydrogen-bond acceptors (Lipinski definition) is 4. The Kier molecular flexibility index (Phi) is 7.27. The van der Waals surface area contributed by atoms with Gasteiger partial charge < -0.3 is 10.2 Å². The predicted octanol–water partition coefficient (Wildman–Crippen LogP) is 3.73. The quantitative estimate of drug-likeness (QED) is 0.399. The van der Waals surface area contributed by atoms with Gasteiger partial charge >= 0.3 is 0 Å². The molecule has 174 valence electrons. The summed E-state index contributed by atoms with van der Waals surface area (Å²) in [4.78, 5) is 13.9. The molecular formula is C23H26FN5O3S. The third kappa shape index (κ3) is 6.04. The smallest absolute Gasteiger partial charge is 0.284 e. The molecule has 3 aromatic rings. The minimum Gasteiger partial charge on any atom is -0.368 e. The number of sulfonamides is 1. The summed E-state index contributed by atoms with van der Waals surface area (Å²) in [6, 6.07) is 10.6. The Labute approximate surface area is 192 Å². The highest BCUT2D eigenvalue weighted by Gasteiger charge is 2.21. The molecule has 2 aromatic carbocycles. The molecular weight excluding hydrogens is 445 g/mol. The van der Waals surface area contributed by atoms with E-state index in [-0.39, 0.29) is 28.6 Å². The van der Waals surface area contributed by atoms with E-state index in [1.807, 2.05) is 13.8 Å². The lowest BCUT2D eigenvalue weighted by molar-refractivity contribution is -0.115. The molecule has 10 heteroatoms. The van der Waals surface area contributed by atoms with Crippen molar-refractivity contribution in [2.75, 3.05) is 19.4 Å². The van der Waals surface area contributed by atoms with Crippen molar-refractivity contribution in [2.45, 2.75) is 31.2 Å². The Bertz CT molecular complexity index is 1280. The Morgan fingerprint density at radius 2 is 1.97 bits per heavy atom. The summed E-state index contributed by atoms with van der Waals surface area (Å²) < 4.78 is 45.4. The number of halogens is 1. The first kappa shape index (κ1) is 24.1. The van der Waals surface area contributed by atoms with Gasteiger partial charge in [-0.15, -0.1) is 4.40 Å². The van der Waals surface area contributed by atoms with Crippen LogP contribution in [0.2, 0.25) is 0 Å². The molecule has 33 heavy (non-hydrogen) atoms. The fraction of sp³-hybridized carbons (Fsp3) is 0.261. The first-order valence-corrected chi connectivity index (χ1v) is 11.7. The fourth-order valence-electron chi connectivity index (χ4n) is 3.04. The summed E-state index contributed by atoms with van der Waals surface area (Å²) in [6.07, 6.45) is 4.35. The molecule has 0 aliphatic rings. The molecule has 0 saturated carbocycles. The van der Waals surface area contributed by atoms with E-state index in [0.717, 1.165) is 0 Å². The number of carbonyl (C=O) groups is 1. The van der Waals surface area contributed by atoms with Gasteiger partial charge in [0.25, 0.3) is 10.0 Å². The largest absolute Gasteiger partial charge is 0.368 e. The zero-order chi connectivity index (χ0) is 24.2. The summed E-state index contributed by atoms with van der Waals surface area (Å²) in [6.45, 7) is 3.92. The van der Waals surface area contributed by atoms with Crippen LogP contribution >= 0.6 is 0 Å². The Balaban J connectivity index is 1.98. The van der Waals surface area contributed by atoms with E-state index < -0.39 is 21.7 Å². The van der Waals surface area contributed by atoms with E-state index >= 15 is 0 Å². The maximum atomic E-state index is 13.9. The van der Waals surface area contributed by atoms with Crippen molar-refractivity contribution in [3.8, 4) is 11.1 Å².